The molecule has 21 heavy (non-hydrogen) atoms. The van der Waals surface area contributed by atoms with Crippen molar-refractivity contribution in [1.82, 2.24) is 4.90 Å². The number of hydrogen-bond donors (Lipinski definition) is 1. The first kappa shape index (κ1) is 15.4. The Kier molecular flexibility index (Phi) is 4.90. The highest BCUT2D eigenvalue weighted by atomic mass is 16.5. The van der Waals surface area contributed by atoms with Crippen LogP contribution in [0.2, 0.25) is 0 Å². The summed E-state index contributed by atoms with van der Waals surface area (Å²) in [5, 5.41) is 10.3. The van der Waals surface area contributed by atoms with E-state index in [1.807, 2.05) is 6.07 Å². The molecule has 1 aromatic carbocycles. The zero-order valence-electron chi connectivity index (χ0n) is 12.5. The summed E-state index contributed by atoms with van der Waals surface area (Å²) in [6.07, 6.45) is 0.330. The minimum atomic E-state index is -0.629. The lowest BCUT2D eigenvalue weighted by molar-refractivity contribution is 0.00983. The van der Waals surface area contributed by atoms with Crippen LogP contribution in [0, 0.1) is 0 Å². The number of methoxy groups -OCH3 is 3. The fourth-order valence-electron chi connectivity index (χ4n) is 2.74. The monoisotopic (exact) mass is 295 g/mol. The minimum Gasteiger partial charge on any atom is -0.493 e. The topological polar surface area (TPSA) is 68.2 Å². The van der Waals surface area contributed by atoms with Crippen molar-refractivity contribution in [3.8, 4) is 11.5 Å². The van der Waals surface area contributed by atoms with Crippen LogP contribution in [0.4, 0.5) is 4.79 Å². The summed E-state index contributed by atoms with van der Waals surface area (Å²) in [5.41, 5.74) is 0.797. The lowest BCUT2D eigenvalue weighted by Gasteiger charge is -2.38. The molecule has 0 bridgehead atoms. The van der Waals surface area contributed by atoms with Gasteiger partial charge in [-0.3, -0.25) is 4.90 Å². The summed E-state index contributed by atoms with van der Waals surface area (Å²) in [5.74, 6) is 1.17. The average Bonchev–Trinajstić information content (AvgIpc) is 2.53. The quantitative estimate of drug-likeness (QED) is 0.923. The summed E-state index contributed by atoms with van der Waals surface area (Å²) < 4.78 is 15.3. The predicted octanol–water partition coefficient (Wildman–Crippen LogP) is 1.97. The van der Waals surface area contributed by atoms with Crippen LogP contribution in [0.15, 0.2) is 18.2 Å². The molecule has 6 heteroatoms. The van der Waals surface area contributed by atoms with Gasteiger partial charge in [0.05, 0.1) is 33.5 Å². The first-order chi connectivity index (χ1) is 10.1. The maximum absolute atomic E-state index is 11.9. The molecular formula is C15H21NO5. The van der Waals surface area contributed by atoms with E-state index in [9.17, 15) is 9.90 Å². The Hall–Kier alpha value is -1.95. The van der Waals surface area contributed by atoms with E-state index < -0.39 is 18.2 Å². The van der Waals surface area contributed by atoms with E-state index in [0.29, 0.717) is 24.5 Å². The Morgan fingerprint density at radius 1 is 1.24 bits per heavy atom. The van der Waals surface area contributed by atoms with E-state index in [0.717, 1.165) is 12.0 Å². The fraction of sp³-hybridized carbons (Fsp3) is 0.533. The summed E-state index contributed by atoms with van der Waals surface area (Å²) in [6, 6.07) is 4.95. The number of piperidine rings is 1. The highest BCUT2D eigenvalue weighted by Gasteiger charge is 2.35. The van der Waals surface area contributed by atoms with Crippen molar-refractivity contribution in [1.29, 1.82) is 0 Å². The van der Waals surface area contributed by atoms with E-state index in [4.69, 9.17) is 14.2 Å². The Morgan fingerprint density at radius 2 is 1.95 bits per heavy atom. The smallest absolute Gasteiger partial charge is 0.410 e. The van der Waals surface area contributed by atoms with Crippen LogP contribution < -0.4 is 9.47 Å². The van der Waals surface area contributed by atoms with Crippen LogP contribution >= 0.6 is 0 Å². The van der Waals surface area contributed by atoms with Crippen molar-refractivity contribution in [3.63, 3.8) is 0 Å². The Labute approximate surface area is 124 Å². The van der Waals surface area contributed by atoms with Crippen LogP contribution in [0.3, 0.4) is 0 Å². The maximum Gasteiger partial charge on any atom is 0.410 e. The molecule has 0 spiro atoms. The lowest BCUT2D eigenvalue weighted by Crippen LogP contribution is -2.45. The van der Waals surface area contributed by atoms with Crippen molar-refractivity contribution in [2.24, 2.45) is 0 Å². The maximum atomic E-state index is 11.9. The van der Waals surface area contributed by atoms with Crippen molar-refractivity contribution in [2.75, 3.05) is 27.9 Å². The lowest BCUT2D eigenvalue weighted by atomic mass is 9.92. The second-order valence-electron chi connectivity index (χ2n) is 4.93. The van der Waals surface area contributed by atoms with Gasteiger partial charge in [-0.25, -0.2) is 4.79 Å². The molecule has 0 aliphatic carbocycles. The molecule has 116 valence electrons. The Bertz CT molecular complexity index is 505. The van der Waals surface area contributed by atoms with Gasteiger partial charge < -0.3 is 19.3 Å². The van der Waals surface area contributed by atoms with Gasteiger partial charge >= 0.3 is 6.09 Å². The fourth-order valence-corrected chi connectivity index (χ4v) is 2.74. The molecule has 1 fully saturated rings. The van der Waals surface area contributed by atoms with Gasteiger partial charge in [0.15, 0.2) is 11.5 Å². The van der Waals surface area contributed by atoms with E-state index in [1.54, 1.807) is 31.3 Å². The molecule has 1 amide bonds. The predicted molar refractivity (Wildman–Crippen MR) is 76.6 cm³/mol. The Balaban J connectivity index is 2.37. The summed E-state index contributed by atoms with van der Waals surface area (Å²) in [7, 11) is 4.46. The standard InChI is InChI=1S/C15H21NO5/c1-19-12-7-6-10(9-13(12)20-2)14-11(17)5-4-8-16(14)15(18)21-3/h6-7,9,11,14,17H,4-5,8H2,1-3H3/t11-,14-/m0/s1. The number of aliphatic hydroxyl groups excluding tert-OH is 1. The molecule has 0 saturated carbocycles. The van der Waals surface area contributed by atoms with Crippen LogP contribution in [-0.2, 0) is 4.74 Å². The molecule has 1 aromatic rings. The van der Waals surface area contributed by atoms with Gasteiger partial charge in [0, 0.05) is 6.54 Å². The highest BCUT2D eigenvalue weighted by molar-refractivity contribution is 5.68. The number of carbonyl (C=O) groups is 1. The van der Waals surface area contributed by atoms with E-state index in [1.165, 1.54) is 7.11 Å². The molecule has 1 aliphatic rings. The van der Waals surface area contributed by atoms with Crippen LogP contribution in [0.1, 0.15) is 24.4 Å². The van der Waals surface area contributed by atoms with Crippen LogP contribution in [0.5, 0.6) is 11.5 Å². The van der Waals surface area contributed by atoms with Gasteiger partial charge in [0.1, 0.15) is 0 Å². The molecule has 0 radical (unpaired) electrons. The molecule has 2 atom stereocenters. The molecule has 6 nitrogen and oxygen atoms in total. The van der Waals surface area contributed by atoms with Crippen molar-refractivity contribution >= 4 is 6.09 Å². The van der Waals surface area contributed by atoms with Gasteiger partial charge in [0.25, 0.3) is 0 Å². The molecule has 1 saturated heterocycles. The summed E-state index contributed by atoms with van der Waals surface area (Å²) in [6.45, 7) is 0.558. The number of benzene rings is 1. The number of likely N-dealkylation sites (tertiary alicyclic amines) is 1. The molecule has 0 aromatic heterocycles. The molecule has 2 rings (SSSR count). The number of aliphatic hydroxyl groups is 1. The van der Waals surface area contributed by atoms with Gasteiger partial charge in [-0.1, -0.05) is 6.07 Å². The number of rotatable bonds is 3. The average molecular weight is 295 g/mol. The van der Waals surface area contributed by atoms with E-state index in [-0.39, 0.29) is 0 Å². The normalized spacial score (nSPS) is 21.8. The van der Waals surface area contributed by atoms with E-state index >= 15 is 0 Å². The third kappa shape index (κ3) is 3.05. The molecule has 1 aliphatic heterocycles. The third-order valence-electron chi connectivity index (χ3n) is 3.76. The number of amides is 1. The molecule has 1 N–H and O–H groups in total. The van der Waals surface area contributed by atoms with E-state index in [2.05, 4.69) is 0 Å². The zero-order valence-corrected chi connectivity index (χ0v) is 12.5. The molecule has 0 unspecified atom stereocenters. The number of hydrogen-bond acceptors (Lipinski definition) is 5. The second-order valence-corrected chi connectivity index (χ2v) is 4.93. The van der Waals surface area contributed by atoms with Gasteiger partial charge in [-0.2, -0.15) is 0 Å². The third-order valence-corrected chi connectivity index (χ3v) is 3.76. The Morgan fingerprint density at radius 3 is 2.57 bits per heavy atom. The largest absolute Gasteiger partial charge is 0.493 e. The minimum absolute atomic E-state index is 0.437. The van der Waals surface area contributed by atoms with Gasteiger partial charge in [-0.05, 0) is 30.5 Å². The summed E-state index contributed by atoms with van der Waals surface area (Å²) >= 11 is 0. The molecular weight excluding hydrogens is 274 g/mol. The number of carbonyl (C=O) groups excluding carboxylic acids is 1. The first-order valence-corrected chi connectivity index (χ1v) is 6.87. The van der Waals surface area contributed by atoms with Crippen LogP contribution in [-0.4, -0.2) is 50.1 Å². The SMILES string of the molecule is COC(=O)N1CCC[C@H](O)[C@@H]1c1ccc(OC)c(OC)c1. The zero-order chi connectivity index (χ0) is 15.4. The second kappa shape index (κ2) is 6.67. The van der Waals surface area contributed by atoms with Crippen LogP contribution in [0.25, 0.3) is 0 Å². The summed E-state index contributed by atoms with van der Waals surface area (Å²) in [4.78, 5) is 13.5. The highest BCUT2D eigenvalue weighted by Crippen LogP contribution is 2.36. The number of nitrogens with zero attached hydrogens (tertiary/aromatic N) is 1. The molecule has 1 heterocycles. The van der Waals surface area contributed by atoms with Gasteiger partial charge in [0.2, 0.25) is 0 Å². The first-order valence-electron chi connectivity index (χ1n) is 6.87. The number of ether oxygens (including phenoxy) is 3. The van der Waals surface area contributed by atoms with Crippen molar-refractivity contribution in [3.05, 3.63) is 23.8 Å². The van der Waals surface area contributed by atoms with Crippen molar-refractivity contribution < 1.29 is 24.1 Å². The van der Waals surface area contributed by atoms with Crippen molar-refractivity contribution in [2.45, 2.75) is 25.0 Å². The van der Waals surface area contributed by atoms with Gasteiger partial charge in [-0.15, -0.1) is 0 Å².